The Morgan fingerprint density at radius 2 is 2.08 bits per heavy atom. The number of benzene rings is 2. The zero-order valence-electron chi connectivity index (χ0n) is 14.5. The maximum atomic E-state index is 4.20. The summed E-state index contributed by atoms with van der Waals surface area (Å²) in [5.41, 5.74) is 6.06. The number of thiophene rings is 1. The van der Waals surface area contributed by atoms with E-state index in [0.717, 1.165) is 24.3 Å². The van der Waals surface area contributed by atoms with Crippen LogP contribution in [0.1, 0.15) is 22.6 Å². The van der Waals surface area contributed by atoms with E-state index in [-0.39, 0.29) is 0 Å². The molecule has 4 aromatic rings. The van der Waals surface area contributed by atoms with Gasteiger partial charge in [-0.3, -0.25) is 0 Å². The fraction of sp³-hybridized carbons (Fsp3) is 0.190. The zero-order chi connectivity index (χ0) is 17.5. The molecule has 2 aromatic carbocycles. The Morgan fingerprint density at radius 1 is 1.12 bits per heavy atom. The van der Waals surface area contributed by atoms with Crippen LogP contribution in [-0.2, 0) is 6.54 Å². The summed E-state index contributed by atoms with van der Waals surface area (Å²) < 4.78 is 1.35. The lowest BCUT2D eigenvalue weighted by atomic mass is 9.83. The second-order valence-corrected chi connectivity index (χ2v) is 7.82. The van der Waals surface area contributed by atoms with Crippen LogP contribution in [-0.4, -0.2) is 33.7 Å². The Labute approximate surface area is 156 Å². The highest BCUT2D eigenvalue weighted by atomic mass is 32.1. The zero-order valence-corrected chi connectivity index (χ0v) is 15.3. The van der Waals surface area contributed by atoms with Crippen LogP contribution >= 0.6 is 11.3 Å². The van der Waals surface area contributed by atoms with Gasteiger partial charge in [-0.1, -0.05) is 18.2 Å². The van der Waals surface area contributed by atoms with E-state index in [1.807, 2.05) is 0 Å². The van der Waals surface area contributed by atoms with Gasteiger partial charge in [-0.05, 0) is 58.8 Å². The molecule has 2 aromatic heterocycles. The third kappa shape index (κ3) is 2.69. The van der Waals surface area contributed by atoms with E-state index in [0.29, 0.717) is 5.92 Å². The average Bonchev–Trinajstić information content (AvgIpc) is 3.15. The van der Waals surface area contributed by atoms with E-state index in [1.54, 1.807) is 17.5 Å². The van der Waals surface area contributed by atoms with Crippen molar-refractivity contribution in [3.63, 3.8) is 0 Å². The van der Waals surface area contributed by atoms with Crippen molar-refractivity contribution in [3.05, 3.63) is 77.1 Å². The summed E-state index contributed by atoms with van der Waals surface area (Å²) in [5, 5.41) is 11.6. The van der Waals surface area contributed by atoms with E-state index < -0.39 is 0 Å². The lowest BCUT2D eigenvalue weighted by Crippen LogP contribution is -2.31. The largest absolute Gasteiger partial charge is 0.301 e. The van der Waals surface area contributed by atoms with E-state index in [1.165, 1.54) is 33.1 Å². The van der Waals surface area contributed by atoms with Gasteiger partial charge in [0.25, 0.3) is 0 Å². The maximum Gasteiger partial charge on any atom is 0.138 e. The Bertz CT molecular complexity index is 1070. The van der Waals surface area contributed by atoms with Crippen molar-refractivity contribution in [1.29, 1.82) is 0 Å². The molecule has 5 heteroatoms. The lowest BCUT2D eigenvalue weighted by Gasteiger charge is -2.33. The molecule has 1 aliphatic heterocycles. The summed E-state index contributed by atoms with van der Waals surface area (Å²) in [6.07, 6.45) is 3.23. The minimum Gasteiger partial charge on any atom is -0.301 e. The van der Waals surface area contributed by atoms with Crippen LogP contribution in [0.3, 0.4) is 0 Å². The molecule has 0 radical (unpaired) electrons. The van der Waals surface area contributed by atoms with Crippen LogP contribution in [0.5, 0.6) is 0 Å². The SMILES string of the molecule is CN1Cc2cc(-c3cncnn3)ccc2C(c2ccc3sccc3c2)C1. The molecule has 0 amide bonds. The van der Waals surface area contributed by atoms with Crippen molar-refractivity contribution < 1.29 is 0 Å². The van der Waals surface area contributed by atoms with Gasteiger partial charge < -0.3 is 4.90 Å². The molecule has 0 saturated heterocycles. The summed E-state index contributed by atoms with van der Waals surface area (Å²) in [6.45, 7) is 1.99. The van der Waals surface area contributed by atoms with Gasteiger partial charge in [0.1, 0.15) is 12.0 Å². The minimum atomic E-state index is 0.391. The number of likely N-dealkylation sites (N-methyl/N-ethyl adjacent to an activating group) is 1. The molecule has 26 heavy (non-hydrogen) atoms. The van der Waals surface area contributed by atoms with E-state index in [2.05, 4.69) is 75.0 Å². The van der Waals surface area contributed by atoms with Gasteiger partial charge in [-0.25, -0.2) is 4.98 Å². The number of nitrogens with zero attached hydrogens (tertiary/aromatic N) is 4. The fourth-order valence-electron chi connectivity index (χ4n) is 3.87. The second kappa shape index (κ2) is 6.27. The third-order valence-corrected chi connectivity index (χ3v) is 6.01. The van der Waals surface area contributed by atoms with E-state index >= 15 is 0 Å². The average molecular weight is 358 g/mol. The predicted octanol–water partition coefficient (Wildman–Crippen LogP) is 4.33. The van der Waals surface area contributed by atoms with E-state index in [4.69, 9.17) is 0 Å². The van der Waals surface area contributed by atoms with Crippen LogP contribution < -0.4 is 0 Å². The van der Waals surface area contributed by atoms with Gasteiger partial charge in [0.15, 0.2) is 0 Å². The summed E-state index contributed by atoms with van der Waals surface area (Å²) in [6, 6.07) is 15.7. The van der Waals surface area contributed by atoms with Crippen LogP contribution in [0.4, 0.5) is 0 Å². The van der Waals surface area contributed by atoms with Gasteiger partial charge in [-0.15, -0.1) is 21.5 Å². The number of rotatable bonds is 2. The summed E-state index contributed by atoms with van der Waals surface area (Å²) >= 11 is 1.80. The van der Waals surface area contributed by atoms with Gasteiger partial charge in [0.05, 0.1) is 6.20 Å². The molecule has 1 atom stereocenters. The quantitative estimate of drug-likeness (QED) is 0.535. The monoisotopic (exact) mass is 358 g/mol. The number of fused-ring (bicyclic) bond motifs is 2. The highest BCUT2D eigenvalue weighted by Gasteiger charge is 2.25. The van der Waals surface area contributed by atoms with E-state index in [9.17, 15) is 0 Å². The van der Waals surface area contributed by atoms with Crippen LogP contribution in [0.2, 0.25) is 0 Å². The second-order valence-electron chi connectivity index (χ2n) is 6.88. The molecular weight excluding hydrogens is 340 g/mol. The molecule has 0 spiro atoms. The molecule has 3 heterocycles. The van der Waals surface area contributed by atoms with Crippen molar-refractivity contribution in [2.45, 2.75) is 12.5 Å². The Balaban J connectivity index is 1.59. The lowest BCUT2D eigenvalue weighted by molar-refractivity contribution is 0.295. The van der Waals surface area contributed by atoms with Crippen molar-refractivity contribution in [2.24, 2.45) is 0 Å². The van der Waals surface area contributed by atoms with Gasteiger partial charge in [0.2, 0.25) is 0 Å². The predicted molar refractivity (Wildman–Crippen MR) is 105 cm³/mol. The molecular formula is C21H18N4S. The first kappa shape index (κ1) is 15.6. The maximum absolute atomic E-state index is 4.20. The van der Waals surface area contributed by atoms with Gasteiger partial charge in [-0.2, -0.15) is 0 Å². The molecule has 4 nitrogen and oxygen atoms in total. The molecule has 5 rings (SSSR count). The summed E-state index contributed by atoms with van der Waals surface area (Å²) in [5.74, 6) is 0.391. The fourth-order valence-corrected chi connectivity index (χ4v) is 4.64. The molecule has 128 valence electrons. The minimum absolute atomic E-state index is 0.391. The van der Waals surface area contributed by atoms with Crippen molar-refractivity contribution in [2.75, 3.05) is 13.6 Å². The molecule has 0 fully saturated rings. The first-order valence-corrected chi connectivity index (χ1v) is 9.57. The first-order valence-electron chi connectivity index (χ1n) is 8.69. The van der Waals surface area contributed by atoms with Crippen molar-refractivity contribution >= 4 is 21.4 Å². The molecule has 1 aliphatic rings. The highest BCUT2D eigenvalue weighted by Crippen LogP contribution is 2.36. The topological polar surface area (TPSA) is 41.9 Å². The summed E-state index contributed by atoms with van der Waals surface area (Å²) in [4.78, 5) is 6.48. The third-order valence-electron chi connectivity index (χ3n) is 5.11. The molecule has 1 unspecified atom stereocenters. The van der Waals surface area contributed by atoms with Gasteiger partial charge in [0, 0.05) is 29.3 Å². The smallest absolute Gasteiger partial charge is 0.138 e. The normalized spacial score (nSPS) is 17.3. The number of hydrogen-bond acceptors (Lipinski definition) is 5. The number of hydrogen-bond donors (Lipinski definition) is 0. The molecule has 0 saturated carbocycles. The molecule has 0 bridgehead atoms. The standard InChI is InChI=1S/C21H18N4S/c1-25-11-17-9-15(20-10-22-13-23-24-20)2-4-18(17)19(12-25)14-3-5-21-16(8-14)6-7-26-21/h2-10,13,19H,11-12H2,1H3. The van der Waals surface area contributed by atoms with Crippen LogP contribution in [0.15, 0.2) is 60.4 Å². The first-order chi connectivity index (χ1) is 12.8. The molecule has 0 N–H and O–H groups in total. The van der Waals surface area contributed by atoms with Crippen LogP contribution in [0, 0.1) is 0 Å². The number of aromatic nitrogens is 3. The Morgan fingerprint density at radius 3 is 2.96 bits per heavy atom. The summed E-state index contributed by atoms with van der Waals surface area (Å²) in [7, 11) is 2.19. The van der Waals surface area contributed by atoms with Gasteiger partial charge >= 0.3 is 0 Å². The molecule has 0 aliphatic carbocycles. The Hall–Kier alpha value is -2.63. The van der Waals surface area contributed by atoms with Crippen LogP contribution in [0.25, 0.3) is 21.3 Å². The van der Waals surface area contributed by atoms with Crippen molar-refractivity contribution in [1.82, 2.24) is 20.1 Å². The Kier molecular flexibility index (Phi) is 3.76. The highest BCUT2D eigenvalue weighted by molar-refractivity contribution is 7.17. The van der Waals surface area contributed by atoms with Crippen molar-refractivity contribution in [3.8, 4) is 11.3 Å².